The lowest BCUT2D eigenvalue weighted by Crippen LogP contribution is -2.42. The minimum absolute atomic E-state index is 0.0413. The Morgan fingerprint density at radius 1 is 1.10 bits per heavy atom. The Labute approximate surface area is 131 Å². The molecule has 0 saturated heterocycles. The Balaban J connectivity index is 1.97. The first-order valence-electron chi connectivity index (χ1n) is 7.83. The van der Waals surface area contributed by atoms with Crippen LogP contribution in [-0.2, 0) is 11.3 Å². The summed E-state index contributed by atoms with van der Waals surface area (Å²) in [6.45, 7) is 4.89. The van der Waals surface area contributed by atoms with Crippen molar-refractivity contribution < 1.29 is 4.74 Å². The number of hydrogen-bond donors (Lipinski definition) is 1. The van der Waals surface area contributed by atoms with Gasteiger partial charge < -0.3 is 10.1 Å². The molecule has 0 heterocycles. The number of halogens is 1. The molecule has 0 aliphatic heterocycles. The summed E-state index contributed by atoms with van der Waals surface area (Å²) in [5, 5.41) is 3.50. The van der Waals surface area contributed by atoms with Crippen molar-refractivity contribution in [1.82, 2.24) is 5.32 Å². The van der Waals surface area contributed by atoms with Gasteiger partial charge in [-0.1, -0.05) is 60.7 Å². The number of ether oxygens (including phenoxy) is 1. The molecule has 3 heteroatoms. The molecule has 0 bridgehead atoms. The highest BCUT2D eigenvalue weighted by Gasteiger charge is 2.31. The SMILES string of the molecule is CCNCC1(OCc2ccc(Br)cc2)CCCCCC1. The molecule has 112 valence electrons. The van der Waals surface area contributed by atoms with Crippen LogP contribution >= 0.6 is 15.9 Å². The Morgan fingerprint density at radius 2 is 1.75 bits per heavy atom. The fourth-order valence-corrected chi connectivity index (χ4v) is 3.18. The van der Waals surface area contributed by atoms with Crippen LogP contribution in [0.2, 0.25) is 0 Å². The van der Waals surface area contributed by atoms with Crippen molar-refractivity contribution in [3.8, 4) is 0 Å². The van der Waals surface area contributed by atoms with Crippen molar-refractivity contribution in [2.24, 2.45) is 0 Å². The fourth-order valence-electron chi connectivity index (χ4n) is 2.91. The molecule has 0 amide bonds. The van der Waals surface area contributed by atoms with E-state index in [2.05, 4.69) is 52.4 Å². The van der Waals surface area contributed by atoms with Gasteiger partial charge >= 0.3 is 0 Å². The Bertz CT molecular complexity index is 382. The molecular weight excluding hydrogens is 314 g/mol. The molecule has 1 saturated carbocycles. The summed E-state index contributed by atoms with van der Waals surface area (Å²) < 4.78 is 7.52. The zero-order valence-corrected chi connectivity index (χ0v) is 14.0. The van der Waals surface area contributed by atoms with Crippen LogP contribution in [-0.4, -0.2) is 18.7 Å². The van der Waals surface area contributed by atoms with E-state index >= 15 is 0 Å². The first kappa shape index (κ1) is 16.0. The van der Waals surface area contributed by atoms with Crippen LogP contribution < -0.4 is 5.32 Å². The lowest BCUT2D eigenvalue weighted by atomic mass is 9.94. The molecule has 0 aromatic heterocycles. The minimum atomic E-state index is 0.0413. The normalized spacial score (nSPS) is 18.7. The zero-order valence-electron chi connectivity index (χ0n) is 12.5. The minimum Gasteiger partial charge on any atom is -0.369 e. The van der Waals surface area contributed by atoms with E-state index in [4.69, 9.17) is 4.74 Å². The molecule has 0 atom stereocenters. The van der Waals surface area contributed by atoms with Gasteiger partial charge in [-0.2, -0.15) is 0 Å². The summed E-state index contributed by atoms with van der Waals surface area (Å²) in [4.78, 5) is 0. The zero-order chi connectivity index (χ0) is 14.3. The van der Waals surface area contributed by atoms with E-state index in [0.29, 0.717) is 0 Å². The van der Waals surface area contributed by atoms with Crippen LogP contribution in [0.3, 0.4) is 0 Å². The quantitative estimate of drug-likeness (QED) is 0.760. The van der Waals surface area contributed by atoms with Crippen LogP contribution in [0.4, 0.5) is 0 Å². The number of rotatable bonds is 6. The van der Waals surface area contributed by atoms with Crippen LogP contribution in [0.5, 0.6) is 0 Å². The molecular formula is C17H26BrNO. The highest BCUT2D eigenvalue weighted by Crippen LogP contribution is 2.31. The van der Waals surface area contributed by atoms with Crippen molar-refractivity contribution in [2.45, 2.75) is 57.7 Å². The monoisotopic (exact) mass is 339 g/mol. The first-order chi connectivity index (χ1) is 9.74. The van der Waals surface area contributed by atoms with Gasteiger partial charge in [0.1, 0.15) is 0 Å². The molecule has 1 aliphatic carbocycles. The number of benzene rings is 1. The van der Waals surface area contributed by atoms with Gasteiger partial charge in [-0.3, -0.25) is 0 Å². The molecule has 1 aliphatic rings. The van der Waals surface area contributed by atoms with Crippen molar-refractivity contribution >= 4 is 15.9 Å². The van der Waals surface area contributed by atoms with Crippen LogP contribution in [0.1, 0.15) is 51.0 Å². The second kappa shape index (κ2) is 8.16. The van der Waals surface area contributed by atoms with Gasteiger partial charge in [-0.25, -0.2) is 0 Å². The summed E-state index contributed by atoms with van der Waals surface area (Å²) in [6, 6.07) is 8.45. The van der Waals surface area contributed by atoms with Crippen molar-refractivity contribution in [2.75, 3.05) is 13.1 Å². The van der Waals surface area contributed by atoms with Crippen molar-refractivity contribution in [1.29, 1.82) is 0 Å². The third-order valence-corrected chi connectivity index (χ3v) is 4.70. The van der Waals surface area contributed by atoms with E-state index in [1.54, 1.807) is 0 Å². The van der Waals surface area contributed by atoms with Crippen LogP contribution in [0, 0.1) is 0 Å². The number of nitrogens with one attached hydrogen (secondary N) is 1. The van der Waals surface area contributed by atoms with Gasteiger partial charge in [0.2, 0.25) is 0 Å². The number of likely N-dealkylation sites (N-methyl/N-ethyl adjacent to an activating group) is 1. The van der Waals surface area contributed by atoms with Crippen molar-refractivity contribution in [3.63, 3.8) is 0 Å². The van der Waals surface area contributed by atoms with E-state index < -0.39 is 0 Å². The van der Waals surface area contributed by atoms with E-state index in [-0.39, 0.29) is 5.60 Å². The van der Waals surface area contributed by atoms with E-state index in [1.165, 1.54) is 44.1 Å². The summed E-state index contributed by atoms with van der Waals surface area (Å²) >= 11 is 3.48. The highest BCUT2D eigenvalue weighted by molar-refractivity contribution is 9.10. The molecule has 1 aromatic carbocycles. The third-order valence-electron chi connectivity index (χ3n) is 4.17. The van der Waals surface area contributed by atoms with E-state index in [0.717, 1.165) is 24.2 Å². The maximum atomic E-state index is 6.40. The molecule has 2 rings (SSSR count). The average Bonchev–Trinajstić information content (AvgIpc) is 2.71. The van der Waals surface area contributed by atoms with Gasteiger partial charge in [0.05, 0.1) is 12.2 Å². The Kier molecular flexibility index (Phi) is 6.53. The number of hydrogen-bond acceptors (Lipinski definition) is 2. The second-order valence-electron chi connectivity index (χ2n) is 5.79. The van der Waals surface area contributed by atoms with Gasteiger partial charge in [0.25, 0.3) is 0 Å². The fraction of sp³-hybridized carbons (Fsp3) is 0.647. The third kappa shape index (κ3) is 4.87. The summed E-state index contributed by atoms with van der Waals surface area (Å²) in [7, 11) is 0. The van der Waals surface area contributed by atoms with E-state index in [1.807, 2.05) is 0 Å². The summed E-state index contributed by atoms with van der Waals surface area (Å²) in [5.74, 6) is 0. The molecule has 1 aromatic rings. The Hall–Kier alpha value is -0.380. The first-order valence-corrected chi connectivity index (χ1v) is 8.62. The van der Waals surface area contributed by atoms with Gasteiger partial charge in [-0.05, 0) is 37.1 Å². The van der Waals surface area contributed by atoms with Gasteiger partial charge in [0.15, 0.2) is 0 Å². The maximum Gasteiger partial charge on any atom is 0.0810 e. The molecule has 0 spiro atoms. The lowest BCUT2D eigenvalue weighted by molar-refractivity contribution is -0.0653. The van der Waals surface area contributed by atoms with E-state index in [9.17, 15) is 0 Å². The summed E-state index contributed by atoms with van der Waals surface area (Å²) in [5.41, 5.74) is 1.30. The van der Waals surface area contributed by atoms with Crippen molar-refractivity contribution in [3.05, 3.63) is 34.3 Å². The Morgan fingerprint density at radius 3 is 2.35 bits per heavy atom. The highest BCUT2D eigenvalue weighted by atomic mass is 79.9. The standard InChI is InChI=1S/C17H26BrNO/c1-2-19-14-17(11-5-3-4-6-12-17)20-13-15-7-9-16(18)10-8-15/h7-10,19H,2-6,11-14H2,1H3. The maximum absolute atomic E-state index is 6.40. The molecule has 1 N–H and O–H groups in total. The molecule has 2 nitrogen and oxygen atoms in total. The topological polar surface area (TPSA) is 21.3 Å². The van der Waals surface area contributed by atoms with Crippen LogP contribution in [0.25, 0.3) is 0 Å². The largest absolute Gasteiger partial charge is 0.369 e. The summed E-state index contributed by atoms with van der Waals surface area (Å²) in [6.07, 6.45) is 7.69. The molecule has 0 radical (unpaired) electrons. The second-order valence-corrected chi connectivity index (χ2v) is 6.71. The van der Waals surface area contributed by atoms with Crippen LogP contribution in [0.15, 0.2) is 28.7 Å². The predicted octanol–water partition coefficient (Wildman–Crippen LogP) is 4.67. The average molecular weight is 340 g/mol. The predicted molar refractivity (Wildman–Crippen MR) is 87.9 cm³/mol. The molecule has 1 fully saturated rings. The lowest BCUT2D eigenvalue weighted by Gasteiger charge is -2.33. The van der Waals surface area contributed by atoms with Gasteiger partial charge in [-0.15, -0.1) is 0 Å². The smallest absolute Gasteiger partial charge is 0.0810 e. The molecule has 20 heavy (non-hydrogen) atoms. The molecule has 0 unspecified atom stereocenters. The van der Waals surface area contributed by atoms with Gasteiger partial charge in [0, 0.05) is 11.0 Å².